The van der Waals surface area contributed by atoms with Crippen molar-refractivity contribution in [1.82, 2.24) is 9.88 Å². The van der Waals surface area contributed by atoms with Crippen molar-refractivity contribution in [3.05, 3.63) is 58.4 Å². The van der Waals surface area contributed by atoms with Crippen LogP contribution in [0.2, 0.25) is 5.02 Å². The van der Waals surface area contributed by atoms with Crippen molar-refractivity contribution in [2.45, 2.75) is 32.4 Å². The molecular weight excluding hydrogens is 322 g/mol. The molecule has 2 aromatic rings. The maximum absolute atomic E-state index is 11.8. The van der Waals surface area contributed by atoms with Crippen LogP contribution < -0.4 is 4.90 Å². The van der Waals surface area contributed by atoms with E-state index in [1.54, 1.807) is 0 Å². The molecule has 4 rings (SSSR count). The first-order chi connectivity index (χ1) is 11.7. The van der Waals surface area contributed by atoms with Crippen molar-refractivity contribution in [3.63, 3.8) is 0 Å². The van der Waals surface area contributed by atoms with E-state index >= 15 is 0 Å². The summed E-state index contributed by atoms with van der Waals surface area (Å²) >= 11 is 6.09. The van der Waals surface area contributed by atoms with Gasteiger partial charge in [-0.15, -0.1) is 0 Å². The van der Waals surface area contributed by atoms with Crippen LogP contribution in [0.5, 0.6) is 0 Å². The van der Waals surface area contributed by atoms with Gasteiger partial charge in [0.1, 0.15) is 0 Å². The SMILES string of the molecule is O=C1CCCN1Cc1cncc(N2CCc3cc(Cl)ccc3C2)c1. The predicted octanol–water partition coefficient (Wildman–Crippen LogP) is 3.42. The van der Waals surface area contributed by atoms with Gasteiger partial charge in [0.15, 0.2) is 0 Å². The highest BCUT2D eigenvalue weighted by Gasteiger charge is 2.21. The molecule has 1 fully saturated rings. The molecule has 0 saturated carbocycles. The molecule has 0 radical (unpaired) electrons. The van der Waals surface area contributed by atoms with Gasteiger partial charge < -0.3 is 9.80 Å². The van der Waals surface area contributed by atoms with Gasteiger partial charge in [0.05, 0.1) is 11.9 Å². The molecule has 0 aliphatic carbocycles. The number of fused-ring (bicyclic) bond motifs is 1. The van der Waals surface area contributed by atoms with E-state index in [-0.39, 0.29) is 5.91 Å². The van der Waals surface area contributed by atoms with Gasteiger partial charge in [-0.05, 0) is 47.7 Å². The standard InChI is InChI=1S/C19H20ClN3O/c20-17-4-3-16-13-22(7-5-15(16)9-17)18-8-14(10-21-11-18)12-23-6-1-2-19(23)24/h3-4,8-11H,1-2,5-7,12-13H2. The smallest absolute Gasteiger partial charge is 0.222 e. The number of nitrogens with zero attached hydrogens (tertiary/aromatic N) is 3. The number of benzene rings is 1. The number of halogens is 1. The number of amides is 1. The zero-order valence-electron chi connectivity index (χ0n) is 13.5. The maximum Gasteiger partial charge on any atom is 0.222 e. The Hall–Kier alpha value is -2.07. The Kier molecular flexibility index (Phi) is 4.15. The number of likely N-dealkylation sites (tertiary alicyclic amines) is 1. The average molecular weight is 342 g/mol. The lowest BCUT2D eigenvalue weighted by atomic mass is 9.99. The lowest BCUT2D eigenvalue weighted by Crippen LogP contribution is -2.30. The van der Waals surface area contributed by atoms with Gasteiger partial charge in [-0.3, -0.25) is 9.78 Å². The summed E-state index contributed by atoms with van der Waals surface area (Å²) in [5, 5.41) is 0.807. The van der Waals surface area contributed by atoms with Crippen molar-refractivity contribution >= 4 is 23.2 Å². The van der Waals surface area contributed by atoms with Gasteiger partial charge in [0.25, 0.3) is 0 Å². The quantitative estimate of drug-likeness (QED) is 0.858. The van der Waals surface area contributed by atoms with Crippen LogP contribution in [0, 0.1) is 0 Å². The minimum Gasteiger partial charge on any atom is -0.366 e. The summed E-state index contributed by atoms with van der Waals surface area (Å²) in [5.41, 5.74) is 4.89. The van der Waals surface area contributed by atoms with E-state index in [1.165, 1.54) is 11.1 Å². The molecule has 124 valence electrons. The highest BCUT2D eigenvalue weighted by Crippen LogP contribution is 2.27. The highest BCUT2D eigenvalue weighted by molar-refractivity contribution is 6.30. The van der Waals surface area contributed by atoms with E-state index in [9.17, 15) is 4.79 Å². The third-order valence-electron chi connectivity index (χ3n) is 4.87. The van der Waals surface area contributed by atoms with Crippen LogP contribution in [0.1, 0.15) is 29.5 Å². The fourth-order valence-electron chi connectivity index (χ4n) is 3.57. The van der Waals surface area contributed by atoms with E-state index in [1.807, 2.05) is 23.4 Å². The predicted molar refractivity (Wildman–Crippen MR) is 95.1 cm³/mol. The average Bonchev–Trinajstić information content (AvgIpc) is 2.99. The first-order valence-corrected chi connectivity index (χ1v) is 8.81. The molecule has 2 aliphatic heterocycles. The lowest BCUT2D eigenvalue weighted by molar-refractivity contribution is -0.128. The van der Waals surface area contributed by atoms with Crippen LogP contribution in [-0.2, 0) is 24.3 Å². The van der Waals surface area contributed by atoms with Crippen LogP contribution >= 0.6 is 11.6 Å². The third-order valence-corrected chi connectivity index (χ3v) is 5.11. The number of rotatable bonds is 3. The Labute approximate surface area is 147 Å². The van der Waals surface area contributed by atoms with Gasteiger partial charge in [-0.1, -0.05) is 17.7 Å². The Morgan fingerprint density at radius 1 is 1.08 bits per heavy atom. The van der Waals surface area contributed by atoms with Crippen molar-refractivity contribution in [3.8, 4) is 0 Å². The largest absolute Gasteiger partial charge is 0.366 e. The molecular formula is C19H20ClN3O. The first kappa shape index (κ1) is 15.5. The zero-order valence-corrected chi connectivity index (χ0v) is 14.3. The second-order valence-corrected chi connectivity index (χ2v) is 6.99. The van der Waals surface area contributed by atoms with Crippen molar-refractivity contribution in [1.29, 1.82) is 0 Å². The van der Waals surface area contributed by atoms with Crippen LogP contribution in [0.15, 0.2) is 36.7 Å². The number of carbonyl (C=O) groups excluding carboxylic acids is 1. The Morgan fingerprint density at radius 3 is 2.83 bits per heavy atom. The molecule has 0 N–H and O–H groups in total. The number of carbonyl (C=O) groups is 1. The summed E-state index contributed by atoms with van der Waals surface area (Å²) in [6.07, 6.45) is 6.42. The highest BCUT2D eigenvalue weighted by atomic mass is 35.5. The summed E-state index contributed by atoms with van der Waals surface area (Å²) in [5.74, 6) is 0.254. The zero-order chi connectivity index (χ0) is 16.5. The second kappa shape index (κ2) is 6.44. The number of pyridine rings is 1. The molecule has 1 amide bonds. The Balaban J connectivity index is 1.51. The number of hydrogen-bond acceptors (Lipinski definition) is 3. The monoisotopic (exact) mass is 341 g/mol. The summed E-state index contributed by atoms with van der Waals surface area (Å²) in [4.78, 5) is 20.5. The molecule has 0 bridgehead atoms. The Morgan fingerprint density at radius 2 is 2.00 bits per heavy atom. The summed E-state index contributed by atoms with van der Waals surface area (Å²) in [6, 6.07) is 8.31. The molecule has 0 spiro atoms. The van der Waals surface area contributed by atoms with Gasteiger partial charge in [0.2, 0.25) is 5.91 Å². The maximum atomic E-state index is 11.8. The summed E-state index contributed by atoms with van der Waals surface area (Å²) < 4.78 is 0. The van der Waals surface area contributed by atoms with E-state index < -0.39 is 0 Å². The number of hydrogen-bond donors (Lipinski definition) is 0. The van der Waals surface area contributed by atoms with Crippen LogP contribution in [0.25, 0.3) is 0 Å². The number of anilines is 1. The second-order valence-electron chi connectivity index (χ2n) is 6.55. The topological polar surface area (TPSA) is 36.4 Å². The molecule has 1 saturated heterocycles. The van der Waals surface area contributed by atoms with Gasteiger partial charge >= 0.3 is 0 Å². The van der Waals surface area contributed by atoms with E-state index in [4.69, 9.17) is 11.6 Å². The fourth-order valence-corrected chi connectivity index (χ4v) is 3.76. The minimum atomic E-state index is 0.254. The Bertz CT molecular complexity index is 777. The van der Waals surface area contributed by atoms with Gasteiger partial charge in [-0.25, -0.2) is 0 Å². The lowest BCUT2D eigenvalue weighted by Gasteiger charge is -2.31. The van der Waals surface area contributed by atoms with Crippen molar-refractivity contribution in [2.75, 3.05) is 18.0 Å². The molecule has 3 heterocycles. The van der Waals surface area contributed by atoms with Crippen molar-refractivity contribution in [2.24, 2.45) is 0 Å². The molecule has 1 aromatic heterocycles. The summed E-state index contributed by atoms with van der Waals surface area (Å²) in [6.45, 7) is 3.36. The molecule has 0 atom stereocenters. The van der Waals surface area contributed by atoms with Gasteiger partial charge in [0, 0.05) is 43.8 Å². The molecule has 5 heteroatoms. The molecule has 4 nitrogen and oxygen atoms in total. The van der Waals surface area contributed by atoms with E-state index in [0.717, 1.165) is 48.7 Å². The molecule has 1 aromatic carbocycles. The van der Waals surface area contributed by atoms with Gasteiger partial charge in [-0.2, -0.15) is 0 Å². The first-order valence-electron chi connectivity index (χ1n) is 8.43. The normalized spacial score (nSPS) is 17.3. The third kappa shape index (κ3) is 3.11. The fraction of sp³-hybridized carbons (Fsp3) is 0.368. The molecule has 2 aliphatic rings. The number of aromatic nitrogens is 1. The van der Waals surface area contributed by atoms with Crippen LogP contribution in [0.4, 0.5) is 5.69 Å². The molecule has 24 heavy (non-hydrogen) atoms. The summed E-state index contributed by atoms with van der Waals surface area (Å²) in [7, 11) is 0. The van der Waals surface area contributed by atoms with E-state index in [0.29, 0.717) is 13.0 Å². The van der Waals surface area contributed by atoms with Crippen LogP contribution in [-0.4, -0.2) is 28.9 Å². The molecule has 0 unspecified atom stereocenters. The van der Waals surface area contributed by atoms with Crippen LogP contribution in [0.3, 0.4) is 0 Å². The minimum absolute atomic E-state index is 0.254. The van der Waals surface area contributed by atoms with E-state index in [2.05, 4.69) is 28.1 Å². The van der Waals surface area contributed by atoms with Crippen molar-refractivity contribution < 1.29 is 4.79 Å².